The van der Waals surface area contributed by atoms with E-state index in [4.69, 9.17) is 4.84 Å². The van der Waals surface area contributed by atoms with Gasteiger partial charge in [0.05, 0.1) is 22.2 Å². The zero-order valence-electron chi connectivity index (χ0n) is 13.6. The minimum Gasteiger partial charge on any atom is -0.324 e. The lowest BCUT2D eigenvalue weighted by molar-refractivity contribution is -0.0583. The highest BCUT2D eigenvalue weighted by Gasteiger charge is 2.39. The van der Waals surface area contributed by atoms with Crippen LogP contribution in [-0.2, 0) is 11.9 Å². The number of imide groups is 1. The molecule has 1 aromatic heterocycles. The zero-order chi connectivity index (χ0) is 18.4. The van der Waals surface area contributed by atoms with E-state index in [1.165, 1.54) is 16.7 Å². The minimum absolute atomic E-state index is 0.0137. The second-order valence-corrected chi connectivity index (χ2v) is 5.80. The van der Waals surface area contributed by atoms with Gasteiger partial charge >= 0.3 is 5.97 Å². The molecular weight excluding hydrogens is 336 g/mol. The molecule has 4 rings (SSSR count). The first-order valence-electron chi connectivity index (χ1n) is 7.78. The molecule has 7 heteroatoms. The maximum atomic E-state index is 12.6. The van der Waals surface area contributed by atoms with Crippen molar-refractivity contribution in [1.29, 1.82) is 0 Å². The third kappa shape index (κ3) is 2.21. The Bertz CT molecular complexity index is 1130. The van der Waals surface area contributed by atoms with E-state index in [-0.39, 0.29) is 16.7 Å². The van der Waals surface area contributed by atoms with E-state index < -0.39 is 23.3 Å². The number of amides is 2. The molecule has 0 saturated carbocycles. The molecule has 26 heavy (non-hydrogen) atoms. The number of carbonyl (C=O) groups excluding carboxylic acids is 3. The van der Waals surface area contributed by atoms with Crippen LogP contribution in [0.2, 0.25) is 0 Å². The predicted octanol–water partition coefficient (Wildman–Crippen LogP) is 1.91. The van der Waals surface area contributed by atoms with Crippen LogP contribution in [0, 0.1) is 0 Å². The molecule has 0 fully saturated rings. The Balaban J connectivity index is 1.74. The second kappa shape index (κ2) is 5.66. The van der Waals surface area contributed by atoms with Gasteiger partial charge in [-0.1, -0.05) is 35.4 Å². The standard InChI is InChI=1S/C19H12N2O5/c1-20-15-9-5-4-6-11(15)14(10-16(20)22)19(25)26-21-17(23)12-7-2-3-8-13(12)18(21)24/h2-10H,1H3. The summed E-state index contributed by atoms with van der Waals surface area (Å²) in [5, 5.41) is 0.912. The number of hydroxylamine groups is 2. The van der Waals surface area contributed by atoms with Crippen LogP contribution in [-0.4, -0.2) is 27.4 Å². The molecule has 3 aromatic rings. The van der Waals surface area contributed by atoms with Crippen molar-refractivity contribution in [3.63, 3.8) is 0 Å². The summed E-state index contributed by atoms with van der Waals surface area (Å²) in [5.74, 6) is -2.38. The normalized spacial score (nSPS) is 13.2. The number of nitrogens with zero attached hydrogens (tertiary/aromatic N) is 2. The molecule has 0 radical (unpaired) electrons. The van der Waals surface area contributed by atoms with Crippen molar-refractivity contribution >= 4 is 28.7 Å². The minimum atomic E-state index is -0.951. The van der Waals surface area contributed by atoms with E-state index in [0.29, 0.717) is 16.0 Å². The van der Waals surface area contributed by atoms with E-state index in [1.807, 2.05) is 0 Å². The van der Waals surface area contributed by atoms with E-state index in [2.05, 4.69) is 0 Å². The van der Waals surface area contributed by atoms with Gasteiger partial charge in [-0.3, -0.25) is 14.4 Å². The van der Waals surface area contributed by atoms with Crippen LogP contribution in [0.5, 0.6) is 0 Å². The summed E-state index contributed by atoms with van der Waals surface area (Å²) in [6, 6.07) is 14.1. The Morgan fingerprint density at radius 2 is 1.46 bits per heavy atom. The number of hydrogen-bond acceptors (Lipinski definition) is 5. The molecule has 0 atom stereocenters. The topological polar surface area (TPSA) is 85.7 Å². The van der Waals surface area contributed by atoms with Crippen molar-refractivity contribution < 1.29 is 19.2 Å². The Hall–Kier alpha value is -3.74. The van der Waals surface area contributed by atoms with Gasteiger partial charge in [-0.05, 0) is 18.2 Å². The highest BCUT2D eigenvalue weighted by atomic mass is 16.7. The van der Waals surface area contributed by atoms with Gasteiger partial charge in [0.25, 0.3) is 17.4 Å². The van der Waals surface area contributed by atoms with Gasteiger partial charge in [-0.25, -0.2) is 4.79 Å². The predicted molar refractivity (Wildman–Crippen MR) is 91.5 cm³/mol. The van der Waals surface area contributed by atoms with E-state index in [0.717, 1.165) is 6.07 Å². The molecular formula is C19H12N2O5. The van der Waals surface area contributed by atoms with Crippen LogP contribution in [0.1, 0.15) is 31.1 Å². The number of para-hydroxylation sites is 1. The fraction of sp³-hybridized carbons (Fsp3) is 0.0526. The maximum Gasteiger partial charge on any atom is 0.364 e. The van der Waals surface area contributed by atoms with E-state index in [9.17, 15) is 19.2 Å². The molecule has 1 aliphatic rings. The number of benzene rings is 2. The van der Waals surface area contributed by atoms with Crippen LogP contribution < -0.4 is 5.56 Å². The molecule has 1 aliphatic heterocycles. The summed E-state index contributed by atoms with van der Waals surface area (Å²) in [6.45, 7) is 0. The average Bonchev–Trinajstić information content (AvgIpc) is 2.90. The monoisotopic (exact) mass is 348 g/mol. The third-order valence-corrected chi connectivity index (χ3v) is 4.30. The summed E-state index contributed by atoms with van der Waals surface area (Å²) < 4.78 is 1.40. The number of hydrogen-bond donors (Lipinski definition) is 0. The smallest absolute Gasteiger partial charge is 0.324 e. The largest absolute Gasteiger partial charge is 0.364 e. The lowest BCUT2D eigenvalue weighted by Crippen LogP contribution is -2.33. The summed E-state index contributed by atoms with van der Waals surface area (Å²) in [4.78, 5) is 54.4. The Morgan fingerprint density at radius 1 is 0.885 bits per heavy atom. The first kappa shape index (κ1) is 15.8. The first-order valence-corrected chi connectivity index (χ1v) is 7.78. The number of rotatable bonds is 2. The summed E-state index contributed by atoms with van der Waals surface area (Å²) in [7, 11) is 1.59. The number of aryl methyl sites for hydroxylation is 1. The van der Waals surface area contributed by atoms with Crippen molar-refractivity contribution in [1.82, 2.24) is 9.63 Å². The lowest BCUT2D eigenvalue weighted by Gasteiger charge is -2.14. The summed E-state index contributed by atoms with van der Waals surface area (Å²) >= 11 is 0. The molecule has 7 nitrogen and oxygen atoms in total. The first-order chi connectivity index (χ1) is 12.5. The molecule has 0 N–H and O–H groups in total. The number of aromatic nitrogens is 1. The SMILES string of the molecule is Cn1c(=O)cc(C(=O)ON2C(=O)c3ccccc3C2=O)c2ccccc21. The Morgan fingerprint density at radius 3 is 2.12 bits per heavy atom. The van der Waals surface area contributed by atoms with Gasteiger partial charge in [0.2, 0.25) is 0 Å². The molecule has 0 unspecified atom stereocenters. The summed E-state index contributed by atoms with van der Waals surface area (Å²) in [5.41, 5.74) is 0.450. The molecule has 0 bridgehead atoms. The summed E-state index contributed by atoms with van der Waals surface area (Å²) in [6.07, 6.45) is 0. The van der Waals surface area contributed by atoms with Crippen LogP contribution in [0.3, 0.4) is 0 Å². The van der Waals surface area contributed by atoms with Crippen LogP contribution >= 0.6 is 0 Å². The van der Waals surface area contributed by atoms with E-state index in [1.54, 1.807) is 43.4 Å². The van der Waals surface area contributed by atoms with Crippen molar-refractivity contribution in [3.05, 3.63) is 81.6 Å². The third-order valence-electron chi connectivity index (χ3n) is 4.30. The highest BCUT2D eigenvalue weighted by Crippen LogP contribution is 2.24. The molecule has 2 aromatic carbocycles. The maximum absolute atomic E-state index is 12.6. The molecule has 2 amide bonds. The van der Waals surface area contributed by atoms with Gasteiger partial charge in [0.15, 0.2) is 0 Å². The Labute approximate surface area is 147 Å². The molecule has 128 valence electrons. The molecule has 0 aliphatic carbocycles. The fourth-order valence-corrected chi connectivity index (χ4v) is 2.96. The van der Waals surface area contributed by atoms with Gasteiger partial charge in [-0.2, -0.15) is 0 Å². The van der Waals surface area contributed by atoms with E-state index >= 15 is 0 Å². The molecule has 2 heterocycles. The van der Waals surface area contributed by atoms with Crippen LogP contribution in [0.25, 0.3) is 10.9 Å². The van der Waals surface area contributed by atoms with Crippen molar-refractivity contribution in [2.45, 2.75) is 0 Å². The fourth-order valence-electron chi connectivity index (χ4n) is 2.96. The lowest BCUT2D eigenvalue weighted by atomic mass is 10.1. The Kier molecular flexibility index (Phi) is 3.43. The molecule has 0 spiro atoms. The van der Waals surface area contributed by atoms with Crippen molar-refractivity contribution in [2.75, 3.05) is 0 Å². The van der Waals surface area contributed by atoms with Gasteiger partial charge in [-0.15, -0.1) is 0 Å². The second-order valence-electron chi connectivity index (χ2n) is 5.80. The zero-order valence-corrected chi connectivity index (χ0v) is 13.6. The van der Waals surface area contributed by atoms with Crippen LogP contribution in [0.15, 0.2) is 59.4 Å². The number of carbonyl (C=O) groups is 3. The van der Waals surface area contributed by atoms with Gasteiger partial charge in [0.1, 0.15) is 0 Å². The average molecular weight is 348 g/mol. The van der Waals surface area contributed by atoms with Gasteiger partial charge < -0.3 is 9.40 Å². The quantitative estimate of drug-likeness (QED) is 0.661. The highest BCUT2D eigenvalue weighted by molar-refractivity contribution is 6.21. The molecule has 0 saturated heterocycles. The van der Waals surface area contributed by atoms with Crippen LogP contribution in [0.4, 0.5) is 0 Å². The van der Waals surface area contributed by atoms with Crippen molar-refractivity contribution in [3.8, 4) is 0 Å². The van der Waals surface area contributed by atoms with Gasteiger partial charge in [0, 0.05) is 18.5 Å². The number of fused-ring (bicyclic) bond motifs is 2. The van der Waals surface area contributed by atoms with Crippen molar-refractivity contribution in [2.24, 2.45) is 7.05 Å². The number of pyridine rings is 1.